The maximum atomic E-state index is 11.7. The van der Waals surface area contributed by atoms with E-state index in [2.05, 4.69) is 0 Å². The average Bonchev–Trinajstić information content (AvgIpc) is 2.48. The molecule has 4 aliphatic carbocycles. The lowest BCUT2D eigenvalue weighted by atomic mass is 9.51. The number of rotatable bonds is 0. The van der Waals surface area contributed by atoms with E-state index >= 15 is 0 Å². The van der Waals surface area contributed by atoms with Crippen LogP contribution in [0.25, 0.3) is 0 Å². The van der Waals surface area contributed by atoms with Crippen molar-refractivity contribution in [2.45, 2.75) is 25.7 Å². The maximum absolute atomic E-state index is 11.7. The van der Waals surface area contributed by atoms with E-state index in [4.69, 9.17) is 0 Å². The van der Waals surface area contributed by atoms with E-state index in [1.165, 1.54) is 19.3 Å². The summed E-state index contributed by atoms with van der Waals surface area (Å²) < 4.78 is 0. The number of hydrogen-bond donors (Lipinski definition) is 0. The number of Topliss-reactive ketones (excluding diaryl/α,β-unsaturated/α-hetero) is 1. The Labute approximate surface area is 72.5 Å². The Kier molecular flexibility index (Phi) is 0.843. The number of hydrogen-bond acceptors (Lipinski definition) is 1. The fourth-order valence-corrected chi connectivity index (χ4v) is 4.88. The molecular formula is C11H14O. The SMILES string of the molecule is O=C1CC2CC3C4CC1C(C4)C23. The summed E-state index contributed by atoms with van der Waals surface area (Å²) in [6.45, 7) is 0. The number of fused-ring (bicyclic) bond motifs is 2. The fourth-order valence-electron chi connectivity index (χ4n) is 4.88. The molecule has 1 heteroatoms. The van der Waals surface area contributed by atoms with Crippen molar-refractivity contribution in [2.24, 2.45) is 35.5 Å². The Morgan fingerprint density at radius 1 is 1.00 bits per heavy atom. The molecule has 1 nitrogen and oxygen atoms in total. The molecule has 12 heavy (non-hydrogen) atoms. The van der Waals surface area contributed by atoms with Crippen LogP contribution in [0.4, 0.5) is 0 Å². The molecule has 0 aromatic carbocycles. The van der Waals surface area contributed by atoms with Crippen LogP contribution in [0.3, 0.4) is 0 Å². The summed E-state index contributed by atoms with van der Waals surface area (Å²) in [7, 11) is 0. The van der Waals surface area contributed by atoms with Crippen LogP contribution in [0.15, 0.2) is 0 Å². The van der Waals surface area contributed by atoms with Crippen LogP contribution in [0.2, 0.25) is 0 Å². The molecule has 6 atom stereocenters. The second-order valence-electron chi connectivity index (χ2n) is 5.41. The zero-order valence-electron chi connectivity index (χ0n) is 7.20. The van der Waals surface area contributed by atoms with Gasteiger partial charge in [-0.05, 0) is 48.9 Å². The molecule has 2 bridgehead atoms. The van der Waals surface area contributed by atoms with Gasteiger partial charge in [0.1, 0.15) is 5.78 Å². The molecule has 6 unspecified atom stereocenters. The molecule has 0 saturated heterocycles. The topological polar surface area (TPSA) is 17.1 Å². The van der Waals surface area contributed by atoms with Gasteiger partial charge in [-0.2, -0.15) is 0 Å². The van der Waals surface area contributed by atoms with Gasteiger partial charge in [-0.25, -0.2) is 0 Å². The second kappa shape index (κ2) is 1.64. The Morgan fingerprint density at radius 2 is 1.83 bits per heavy atom. The molecular weight excluding hydrogens is 148 g/mol. The van der Waals surface area contributed by atoms with E-state index < -0.39 is 0 Å². The van der Waals surface area contributed by atoms with Gasteiger partial charge in [0.2, 0.25) is 0 Å². The quantitative estimate of drug-likeness (QED) is 0.531. The van der Waals surface area contributed by atoms with E-state index in [-0.39, 0.29) is 0 Å². The van der Waals surface area contributed by atoms with Crippen LogP contribution in [0, 0.1) is 35.5 Å². The first-order valence-electron chi connectivity index (χ1n) is 5.37. The molecule has 4 aliphatic rings. The zero-order valence-corrected chi connectivity index (χ0v) is 7.20. The van der Waals surface area contributed by atoms with Gasteiger partial charge in [0.25, 0.3) is 0 Å². The van der Waals surface area contributed by atoms with Crippen molar-refractivity contribution in [3.8, 4) is 0 Å². The molecule has 0 heterocycles. The highest BCUT2D eigenvalue weighted by atomic mass is 16.1. The average molecular weight is 162 g/mol. The highest BCUT2D eigenvalue weighted by Gasteiger charge is 2.64. The summed E-state index contributed by atoms with van der Waals surface area (Å²) in [4.78, 5) is 11.7. The highest BCUT2D eigenvalue weighted by molar-refractivity contribution is 5.83. The molecule has 0 spiro atoms. The van der Waals surface area contributed by atoms with Crippen molar-refractivity contribution >= 4 is 5.78 Å². The molecule has 4 saturated carbocycles. The van der Waals surface area contributed by atoms with Crippen LogP contribution >= 0.6 is 0 Å². The third-order valence-corrected chi connectivity index (χ3v) is 5.24. The van der Waals surface area contributed by atoms with E-state index in [0.29, 0.717) is 11.7 Å². The lowest BCUT2D eigenvalue weighted by molar-refractivity contribution is -0.140. The van der Waals surface area contributed by atoms with Crippen molar-refractivity contribution in [1.29, 1.82) is 0 Å². The second-order valence-corrected chi connectivity index (χ2v) is 5.41. The van der Waals surface area contributed by atoms with Gasteiger partial charge in [-0.15, -0.1) is 0 Å². The molecule has 0 N–H and O–H groups in total. The lowest BCUT2D eigenvalue weighted by Crippen LogP contribution is -2.50. The van der Waals surface area contributed by atoms with Crippen molar-refractivity contribution in [3.63, 3.8) is 0 Å². The Morgan fingerprint density at radius 3 is 2.75 bits per heavy atom. The maximum Gasteiger partial charge on any atom is 0.136 e. The molecule has 0 radical (unpaired) electrons. The molecule has 0 aromatic heterocycles. The minimum atomic E-state index is 0.535. The van der Waals surface area contributed by atoms with Gasteiger partial charge in [0, 0.05) is 12.3 Å². The number of carbonyl (C=O) groups excluding carboxylic acids is 1. The van der Waals surface area contributed by atoms with Crippen molar-refractivity contribution < 1.29 is 4.79 Å². The first kappa shape index (κ1) is 6.17. The van der Waals surface area contributed by atoms with Crippen LogP contribution in [0.1, 0.15) is 25.7 Å². The predicted molar refractivity (Wildman–Crippen MR) is 44.4 cm³/mol. The van der Waals surface area contributed by atoms with Crippen LogP contribution in [-0.2, 0) is 4.79 Å². The summed E-state index contributed by atoms with van der Waals surface area (Å²) in [5.41, 5.74) is 0. The number of carbonyl (C=O) groups is 1. The molecule has 64 valence electrons. The van der Waals surface area contributed by atoms with E-state index in [9.17, 15) is 4.79 Å². The summed E-state index contributed by atoms with van der Waals surface area (Å²) in [5.74, 6) is 5.94. The van der Waals surface area contributed by atoms with Crippen molar-refractivity contribution in [1.82, 2.24) is 0 Å². The largest absolute Gasteiger partial charge is 0.299 e. The van der Waals surface area contributed by atoms with Crippen LogP contribution in [0.5, 0.6) is 0 Å². The summed E-state index contributed by atoms with van der Waals surface area (Å²) in [6.07, 6.45) is 5.05. The van der Waals surface area contributed by atoms with Gasteiger partial charge in [0.05, 0.1) is 0 Å². The fraction of sp³-hybridized carbons (Fsp3) is 0.909. The Bertz CT molecular complexity index is 270. The summed E-state index contributed by atoms with van der Waals surface area (Å²) >= 11 is 0. The van der Waals surface area contributed by atoms with Gasteiger partial charge in [-0.1, -0.05) is 0 Å². The first-order chi connectivity index (χ1) is 5.84. The third-order valence-electron chi connectivity index (χ3n) is 5.24. The first-order valence-corrected chi connectivity index (χ1v) is 5.37. The Balaban J connectivity index is 1.84. The molecule has 0 aliphatic heterocycles. The van der Waals surface area contributed by atoms with E-state index in [1.807, 2.05) is 0 Å². The minimum Gasteiger partial charge on any atom is -0.299 e. The van der Waals surface area contributed by atoms with E-state index in [1.54, 1.807) is 0 Å². The molecule has 4 rings (SSSR count). The normalized spacial score (nSPS) is 65.2. The van der Waals surface area contributed by atoms with E-state index in [0.717, 1.165) is 36.0 Å². The predicted octanol–water partition coefficient (Wildman–Crippen LogP) is 1.87. The number of ketones is 1. The molecule has 4 fully saturated rings. The summed E-state index contributed by atoms with van der Waals surface area (Å²) in [6, 6.07) is 0. The lowest BCUT2D eigenvalue weighted by Gasteiger charge is -2.53. The molecule has 0 amide bonds. The summed E-state index contributed by atoms with van der Waals surface area (Å²) in [5, 5.41) is 0. The highest BCUT2D eigenvalue weighted by Crippen LogP contribution is 2.69. The van der Waals surface area contributed by atoms with Gasteiger partial charge < -0.3 is 0 Å². The van der Waals surface area contributed by atoms with Gasteiger partial charge >= 0.3 is 0 Å². The van der Waals surface area contributed by atoms with Crippen molar-refractivity contribution in [2.75, 3.05) is 0 Å². The van der Waals surface area contributed by atoms with Crippen molar-refractivity contribution in [3.05, 3.63) is 0 Å². The van der Waals surface area contributed by atoms with Crippen LogP contribution < -0.4 is 0 Å². The standard InChI is InChI=1S/C11H14O/c12-10-4-6-3-7-5-1-8(10)9(2-5)11(6)7/h5-9,11H,1-4H2. The zero-order chi connectivity index (χ0) is 7.87. The molecule has 0 aromatic rings. The third kappa shape index (κ3) is 0.462. The Hall–Kier alpha value is -0.330. The van der Waals surface area contributed by atoms with Gasteiger partial charge in [0.15, 0.2) is 0 Å². The minimum absolute atomic E-state index is 0.535. The van der Waals surface area contributed by atoms with Crippen LogP contribution in [-0.4, -0.2) is 5.78 Å². The van der Waals surface area contributed by atoms with Gasteiger partial charge in [-0.3, -0.25) is 4.79 Å². The monoisotopic (exact) mass is 162 g/mol. The smallest absolute Gasteiger partial charge is 0.136 e.